The average molecular weight is 370 g/mol. The van der Waals surface area contributed by atoms with Gasteiger partial charge in [0.1, 0.15) is 0 Å². The van der Waals surface area contributed by atoms with E-state index in [0.717, 1.165) is 32.0 Å². The smallest absolute Gasteiger partial charge is 0.239 e. The molecule has 1 aliphatic rings. The number of thioether (sulfide) groups is 1. The molecular weight excluding hydrogens is 344 g/mol. The van der Waals surface area contributed by atoms with Gasteiger partial charge in [-0.2, -0.15) is 0 Å². The molecule has 0 atom stereocenters. The van der Waals surface area contributed by atoms with Crippen molar-refractivity contribution in [3.63, 3.8) is 0 Å². The number of ether oxygens (including phenoxy) is 1. The molecule has 2 rings (SSSR count). The third-order valence-corrected chi connectivity index (χ3v) is 4.62. The maximum absolute atomic E-state index is 11.9. The Hall–Kier alpha value is -1.81. The lowest BCUT2D eigenvalue weighted by Crippen LogP contribution is -2.38. The van der Waals surface area contributed by atoms with E-state index in [-0.39, 0.29) is 24.1 Å². The van der Waals surface area contributed by atoms with E-state index in [1.165, 1.54) is 11.8 Å². The molecule has 2 heterocycles. The fraction of sp³-hybridized carbons (Fsp3) is 0.733. The van der Waals surface area contributed by atoms with Crippen LogP contribution in [0.4, 0.5) is 5.95 Å². The van der Waals surface area contributed by atoms with E-state index in [9.17, 15) is 9.59 Å². The molecule has 0 spiro atoms. The first-order chi connectivity index (χ1) is 12.2. The fourth-order valence-corrected chi connectivity index (χ4v) is 3.18. The molecule has 0 radical (unpaired) electrons. The van der Waals surface area contributed by atoms with Gasteiger partial charge in [-0.25, -0.2) is 0 Å². The molecular formula is C15H26N6O3S. The van der Waals surface area contributed by atoms with Gasteiger partial charge in [-0.05, 0) is 13.3 Å². The van der Waals surface area contributed by atoms with Crippen molar-refractivity contribution in [2.75, 3.05) is 50.0 Å². The quantitative estimate of drug-likeness (QED) is 0.584. The summed E-state index contributed by atoms with van der Waals surface area (Å²) in [6.45, 7) is 8.28. The van der Waals surface area contributed by atoms with Crippen LogP contribution in [0.1, 0.15) is 20.3 Å². The third kappa shape index (κ3) is 5.89. The molecule has 0 unspecified atom stereocenters. The molecule has 1 aromatic rings. The van der Waals surface area contributed by atoms with Crippen molar-refractivity contribution >= 4 is 29.5 Å². The molecule has 1 fully saturated rings. The molecule has 0 aromatic carbocycles. The molecule has 1 aromatic heterocycles. The van der Waals surface area contributed by atoms with Crippen molar-refractivity contribution in [1.82, 2.24) is 25.4 Å². The summed E-state index contributed by atoms with van der Waals surface area (Å²) in [6.07, 6.45) is 0.869. The number of carbonyl (C=O) groups is 2. The van der Waals surface area contributed by atoms with Gasteiger partial charge in [-0.1, -0.05) is 18.7 Å². The number of carbonyl (C=O) groups excluding carboxylic acids is 2. The van der Waals surface area contributed by atoms with Crippen LogP contribution in [-0.4, -0.2) is 71.7 Å². The summed E-state index contributed by atoms with van der Waals surface area (Å²) in [5.41, 5.74) is 0. The lowest BCUT2D eigenvalue weighted by Gasteiger charge is -2.27. The minimum Gasteiger partial charge on any atom is -0.378 e. The van der Waals surface area contributed by atoms with Gasteiger partial charge in [0.2, 0.25) is 17.8 Å². The number of anilines is 1. The minimum absolute atomic E-state index is 0.00110. The first-order valence-corrected chi connectivity index (χ1v) is 9.56. The van der Waals surface area contributed by atoms with Gasteiger partial charge in [0.05, 0.1) is 25.5 Å². The van der Waals surface area contributed by atoms with Crippen molar-refractivity contribution < 1.29 is 14.3 Å². The molecule has 9 nitrogen and oxygen atoms in total. The summed E-state index contributed by atoms with van der Waals surface area (Å²) in [5, 5.41) is 14.5. The standard InChI is InChI=1S/C15H26N6O3S/c1-3-5-16-12(22)10-17-13(23)11-25-15-19-18-14(21(15)4-2)20-6-8-24-9-7-20/h3-11H2,1-2H3,(H,16,22)(H,17,23). The highest BCUT2D eigenvalue weighted by Crippen LogP contribution is 2.22. The number of morpholine rings is 1. The second kappa shape index (κ2) is 10.2. The van der Waals surface area contributed by atoms with Gasteiger partial charge < -0.3 is 20.3 Å². The largest absolute Gasteiger partial charge is 0.378 e. The predicted octanol–water partition coefficient (Wildman–Crippen LogP) is -0.131. The van der Waals surface area contributed by atoms with E-state index < -0.39 is 0 Å². The monoisotopic (exact) mass is 370 g/mol. The van der Waals surface area contributed by atoms with Crippen molar-refractivity contribution in [3.8, 4) is 0 Å². The second-order valence-corrected chi connectivity index (χ2v) is 6.48. The number of aromatic nitrogens is 3. The molecule has 1 aliphatic heterocycles. The van der Waals surface area contributed by atoms with Crippen molar-refractivity contribution in [2.24, 2.45) is 0 Å². The van der Waals surface area contributed by atoms with Gasteiger partial charge in [-0.3, -0.25) is 14.2 Å². The maximum Gasteiger partial charge on any atom is 0.239 e. The van der Waals surface area contributed by atoms with E-state index in [4.69, 9.17) is 4.74 Å². The second-order valence-electron chi connectivity index (χ2n) is 5.54. The topological polar surface area (TPSA) is 101 Å². The molecule has 2 N–H and O–H groups in total. The highest BCUT2D eigenvalue weighted by molar-refractivity contribution is 7.99. The first-order valence-electron chi connectivity index (χ1n) is 8.57. The van der Waals surface area contributed by atoms with E-state index in [1.807, 2.05) is 18.4 Å². The zero-order valence-electron chi connectivity index (χ0n) is 14.8. The Morgan fingerprint density at radius 3 is 2.60 bits per heavy atom. The zero-order valence-corrected chi connectivity index (χ0v) is 15.6. The fourth-order valence-electron chi connectivity index (χ4n) is 2.35. The number of hydrogen-bond donors (Lipinski definition) is 2. The van der Waals surface area contributed by atoms with Crippen LogP contribution in [0.15, 0.2) is 5.16 Å². The zero-order chi connectivity index (χ0) is 18.1. The normalized spacial score (nSPS) is 14.4. The summed E-state index contributed by atoms with van der Waals surface area (Å²) in [7, 11) is 0. The third-order valence-electron chi connectivity index (χ3n) is 3.66. The summed E-state index contributed by atoms with van der Waals surface area (Å²) < 4.78 is 7.36. The van der Waals surface area contributed by atoms with Crippen LogP contribution in [0.2, 0.25) is 0 Å². The van der Waals surface area contributed by atoms with Gasteiger partial charge >= 0.3 is 0 Å². The van der Waals surface area contributed by atoms with Crippen LogP contribution in [-0.2, 0) is 20.9 Å². The van der Waals surface area contributed by atoms with Crippen molar-refractivity contribution in [3.05, 3.63) is 0 Å². The summed E-state index contributed by atoms with van der Waals surface area (Å²) in [6, 6.07) is 0. The van der Waals surface area contributed by atoms with Crippen LogP contribution < -0.4 is 15.5 Å². The number of amides is 2. The minimum atomic E-state index is -0.199. The number of nitrogens with one attached hydrogen (secondary N) is 2. The summed E-state index contributed by atoms with van der Waals surface area (Å²) >= 11 is 1.32. The van der Waals surface area contributed by atoms with Crippen LogP contribution in [0.3, 0.4) is 0 Å². The summed E-state index contributed by atoms with van der Waals surface area (Å²) in [4.78, 5) is 25.5. The Morgan fingerprint density at radius 2 is 1.92 bits per heavy atom. The Kier molecular flexibility index (Phi) is 7.99. The Morgan fingerprint density at radius 1 is 1.16 bits per heavy atom. The predicted molar refractivity (Wildman–Crippen MR) is 95.8 cm³/mol. The van der Waals surface area contributed by atoms with Gasteiger partial charge in [0.25, 0.3) is 0 Å². The Bertz CT molecular complexity index is 574. The molecule has 0 bridgehead atoms. The molecule has 0 aliphatic carbocycles. The number of rotatable bonds is 9. The van der Waals surface area contributed by atoms with E-state index in [1.54, 1.807) is 0 Å². The molecule has 0 saturated carbocycles. The highest BCUT2D eigenvalue weighted by Gasteiger charge is 2.20. The molecule has 1 saturated heterocycles. The van der Waals surface area contributed by atoms with Crippen LogP contribution in [0, 0.1) is 0 Å². The molecule has 25 heavy (non-hydrogen) atoms. The lowest BCUT2D eigenvalue weighted by atomic mass is 10.4. The average Bonchev–Trinajstić information content (AvgIpc) is 3.06. The van der Waals surface area contributed by atoms with Crippen LogP contribution in [0.5, 0.6) is 0 Å². The van der Waals surface area contributed by atoms with Crippen LogP contribution >= 0.6 is 11.8 Å². The first kappa shape index (κ1) is 19.5. The SMILES string of the molecule is CCCNC(=O)CNC(=O)CSc1nnc(N2CCOCC2)n1CC. The van der Waals surface area contributed by atoms with Gasteiger partial charge in [0, 0.05) is 26.2 Å². The van der Waals surface area contributed by atoms with Crippen LogP contribution in [0.25, 0.3) is 0 Å². The van der Waals surface area contributed by atoms with E-state index >= 15 is 0 Å². The van der Waals surface area contributed by atoms with Gasteiger partial charge in [0.15, 0.2) is 5.16 Å². The summed E-state index contributed by atoms with van der Waals surface area (Å²) in [5.74, 6) is 0.636. The van der Waals surface area contributed by atoms with E-state index in [0.29, 0.717) is 24.9 Å². The number of hydrogen-bond acceptors (Lipinski definition) is 7. The maximum atomic E-state index is 11.9. The van der Waals surface area contributed by atoms with Crippen molar-refractivity contribution in [2.45, 2.75) is 32.0 Å². The van der Waals surface area contributed by atoms with Crippen molar-refractivity contribution in [1.29, 1.82) is 0 Å². The van der Waals surface area contributed by atoms with Gasteiger partial charge in [-0.15, -0.1) is 10.2 Å². The molecule has 140 valence electrons. The van der Waals surface area contributed by atoms with E-state index in [2.05, 4.69) is 25.7 Å². The molecule has 10 heteroatoms. The lowest BCUT2D eigenvalue weighted by molar-refractivity contribution is -0.124. The Balaban J connectivity index is 1.82. The highest BCUT2D eigenvalue weighted by atomic mass is 32.2. The molecule has 2 amide bonds. The Labute approximate surface area is 151 Å². The number of nitrogens with zero attached hydrogens (tertiary/aromatic N) is 4.